The Hall–Kier alpha value is -3.90. The maximum absolute atomic E-state index is 12.0. The molecule has 0 unspecified atom stereocenters. The Kier molecular flexibility index (Phi) is 6.10. The minimum atomic E-state index is -0.243. The van der Waals surface area contributed by atoms with Gasteiger partial charge in [0.2, 0.25) is 0 Å². The molecule has 0 saturated heterocycles. The molecular formula is C28H23NO2. The maximum atomic E-state index is 12.0. The van der Waals surface area contributed by atoms with Crippen LogP contribution < -0.4 is 0 Å². The van der Waals surface area contributed by atoms with Gasteiger partial charge in [0, 0.05) is 12.0 Å². The molecule has 0 N–H and O–H groups in total. The Labute approximate surface area is 182 Å². The molecule has 0 atom stereocenters. The van der Waals surface area contributed by atoms with Crippen LogP contribution in [0.2, 0.25) is 0 Å². The van der Waals surface area contributed by atoms with E-state index in [0.717, 1.165) is 38.6 Å². The number of hydrogen-bond donors (Lipinski definition) is 0. The van der Waals surface area contributed by atoms with Gasteiger partial charge in [-0.1, -0.05) is 78.9 Å². The fraction of sp³-hybridized carbons (Fsp3) is 0.143. The first-order valence-corrected chi connectivity index (χ1v) is 10.5. The van der Waals surface area contributed by atoms with Gasteiger partial charge in [0.05, 0.1) is 12.2 Å². The zero-order valence-electron chi connectivity index (χ0n) is 17.5. The first-order chi connectivity index (χ1) is 15.2. The number of esters is 1. The number of ether oxygens (including phenoxy) is 1. The zero-order valence-corrected chi connectivity index (χ0v) is 17.5. The quantitative estimate of drug-likeness (QED) is 0.342. The highest BCUT2D eigenvalue weighted by Crippen LogP contribution is 2.34. The van der Waals surface area contributed by atoms with Crippen molar-refractivity contribution in [1.29, 1.82) is 5.26 Å². The summed E-state index contributed by atoms with van der Waals surface area (Å²) in [5.74, 6) is -0.243. The van der Waals surface area contributed by atoms with Crippen molar-refractivity contribution in [3.05, 3.63) is 96.1 Å². The van der Waals surface area contributed by atoms with Crippen molar-refractivity contribution in [2.45, 2.75) is 19.8 Å². The van der Waals surface area contributed by atoms with Crippen molar-refractivity contribution in [1.82, 2.24) is 0 Å². The summed E-state index contributed by atoms with van der Waals surface area (Å²) in [4.78, 5) is 12.0. The molecule has 4 rings (SSSR count). The fourth-order valence-electron chi connectivity index (χ4n) is 3.97. The molecule has 0 bridgehead atoms. The molecule has 0 saturated carbocycles. The van der Waals surface area contributed by atoms with E-state index in [0.29, 0.717) is 18.6 Å². The third kappa shape index (κ3) is 4.34. The molecule has 0 heterocycles. The number of fused-ring (bicyclic) bond motifs is 1. The second-order valence-electron chi connectivity index (χ2n) is 7.36. The van der Waals surface area contributed by atoms with E-state index < -0.39 is 0 Å². The van der Waals surface area contributed by atoms with Crippen molar-refractivity contribution < 1.29 is 9.53 Å². The molecular weight excluding hydrogens is 382 g/mol. The summed E-state index contributed by atoms with van der Waals surface area (Å²) in [7, 11) is 0. The average molecular weight is 405 g/mol. The lowest BCUT2D eigenvalue weighted by Crippen LogP contribution is -2.06. The summed E-state index contributed by atoms with van der Waals surface area (Å²) in [6.07, 6.45) is 0.723. The number of carbonyl (C=O) groups excluding carboxylic acids is 1. The molecule has 0 aromatic heterocycles. The molecule has 0 aliphatic rings. The average Bonchev–Trinajstić information content (AvgIpc) is 2.82. The van der Waals surface area contributed by atoms with Crippen LogP contribution in [0.15, 0.2) is 84.9 Å². The first kappa shape index (κ1) is 20.4. The van der Waals surface area contributed by atoms with Crippen LogP contribution in [0.4, 0.5) is 0 Å². The molecule has 0 aliphatic carbocycles. The second kappa shape index (κ2) is 9.28. The molecule has 0 aliphatic heterocycles. The lowest BCUT2D eigenvalue weighted by atomic mass is 9.88. The highest BCUT2D eigenvalue weighted by atomic mass is 16.5. The minimum absolute atomic E-state index is 0.243. The predicted octanol–water partition coefficient (Wildman–Crippen LogP) is 6.54. The summed E-state index contributed by atoms with van der Waals surface area (Å²) in [6, 6.07) is 31.0. The smallest absolute Gasteiger partial charge is 0.306 e. The van der Waals surface area contributed by atoms with E-state index in [1.165, 1.54) is 0 Å². The van der Waals surface area contributed by atoms with Crippen molar-refractivity contribution in [2.24, 2.45) is 0 Å². The lowest BCUT2D eigenvalue weighted by Gasteiger charge is -2.14. The normalized spacial score (nSPS) is 10.6. The molecule has 0 spiro atoms. The number of nitriles is 1. The number of rotatable bonds is 6. The van der Waals surface area contributed by atoms with Gasteiger partial charge < -0.3 is 4.74 Å². The van der Waals surface area contributed by atoms with Gasteiger partial charge in [-0.2, -0.15) is 5.26 Å². The largest absolute Gasteiger partial charge is 0.466 e. The van der Waals surface area contributed by atoms with Gasteiger partial charge in [0.25, 0.3) is 0 Å². The zero-order chi connectivity index (χ0) is 21.6. The van der Waals surface area contributed by atoms with Gasteiger partial charge in [0.1, 0.15) is 6.07 Å². The predicted molar refractivity (Wildman–Crippen MR) is 124 cm³/mol. The van der Waals surface area contributed by atoms with Crippen LogP contribution in [0.3, 0.4) is 0 Å². The monoisotopic (exact) mass is 405 g/mol. The van der Waals surface area contributed by atoms with Crippen LogP contribution in [0.25, 0.3) is 33.0 Å². The third-order valence-electron chi connectivity index (χ3n) is 5.46. The summed E-state index contributed by atoms with van der Waals surface area (Å²) < 4.78 is 5.10. The molecule has 4 aromatic carbocycles. The Morgan fingerprint density at radius 2 is 1.52 bits per heavy atom. The second-order valence-corrected chi connectivity index (χ2v) is 7.36. The highest BCUT2D eigenvalue weighted by molar-refractivity contribution is 5.94. The Bertz CT molecular complexity index is 1250. The van der Waals surface area contributed by atoms with E-state index in [2.05, 4.69) is 48.5 Å². The maximum Gasteiger partial charge on any atom is 0.306 e. The van der Waals surface area contributed by atoms with Gasteiger partial charge in [-0.15, -0.1) is 0 Å². The number of hydrogen-bond acceptors (Lipinski definition) is 3. The molecule has 3 nitrogen and oxygen atoms in total. The molecule has 0 fully saturated rings. The topological polar surface area (TPSA) is 50.1 Å². The van der Waals surface area contributed by atoms with Crippen LogP contribution in [0, 0.1) is 11.3 Å². The fourth-order valence-corrected chi connectivity index (χ4v) is 3.97. The van der Waals surface area contributed by atoms with E-state index in [1.54, 1.807) is 6.92 Å². The summed E-state index contributed by atoms with van der Waals surface area (Å²) in [5, 5.41) is 12.1. The summed E-state index contributed by atoms with van der Waals surface area (Å²) in [6.45, 7) is 2.16. The SMILES string of the molecule is CCOC(=O)CCc1c(C#N)c(-c2ccc(-c3ccccc3)cc2)cc2ccccc12. The number of nitrogens with zero attached hydrogens (tertiary/aromatic N) is 1. The Balaban J connectivity index is 1.79. The van der Waals surface area contributed by atoms with Crippen LogP contribution in [-0.4, -0.2) is 12.6 Å². The molecule has 152 valence electrons. The molecule has 31 heavy (non-hydrogen) atoms. The Morgan fingerprint density at radius 3 is 2.23 bits per heavy atom. The van der Waals surface area contributed by atoms with Crippen molar-refractivity contribution in [3.63, 3.8) is 0 Å². The molecule has 4 aromatic rings. The third-order valence-corrected chi connectivity index (χ3v) is 5.46. The number of aryl methyl sites for hydroxylation is 1. The van der Waals surface area contributed by atoms with Gasteiger partial charge in [-0.05, 0) is 52.4 Å². The van der Waals surface area contributed by atoms with Crippen molar-refractivity contribution in [2.75, 3.05) is 6.61 Å². The first-order valence-electron chi connectivity index (χ1n) is 10.5. The van der Waals surface area contributed by atoms with Gasteiger partial charge >= 0.3 is 5.97 Å². The van der Waals surface area contributed by atoms with Gasteiger partial charge in [-0.25, -0.2) is 0 Å². The van der Waals surface area contributed by atoms with E-state index in [9.17, 15) is 10.1 Å². The van der Waals surface area contributed by atoms with E-state index in [1.807, 2.05) is 42.5 Å². The van der Waals surface area contributed by atoms with Crippen molar-refractivity contribution in [3.8, 4) is 28.3 Å². The number of carbonyl (C=O) groups is 1. The van der Waals surface area contributed by atoms with Gasteiger partial charge in [0.15, 0.2) is 0 Å². The van der Waals surface area contributed by atoms with Gasteiger partial charge in [-0.3, -0.25) is 4.79 Å². The highest BCUT2D eigenvalue weighted by Gasteiger charge is 2.16. The Morgan fingerprint density at radius 1 is 0.871 bits per heavy atom. The van der Waals surface area contributed by atoms with Crippen molar-refractivity contribution >= 4 is 16.7 Å². The van der Waals surface area contributed by atoms with Crippen LogP contribution in [0.1, 0.15) is 24.5 Å². The summed E-state index contributed by atoms with van der Waals surface area (Å²) >= 11 is 0. The lowest BCUT2D eigenvalue weighted by molar-refractivity contribution is -0.143. The van der Waals surface area contributed by atoms with E-state index in [-0.39, 0.29) is 12.4 Å². The molecule has 0 radical (unpaired) electrons. The minimum Gasteiger partial charge on any atom is -0.466 e. The molecule has 0 amide bonds. The summed E-state index contributed by atoms with van der Waals surface area (Å²) in [5.41, 5.74) is 5.68. The van der Waals surface area contributed by atoms with Crippen LogP contribution >= 0.6 is 0 Å². The van der Waals surface area contributed by atoms with Crippen LogP contribution in [-0.2, 0) is 16.0 Å². The van der Waals surface area contributed by atoms with E-state index in [4.69, 9.17) is 4.74 Å². The number of benzene rings is 4. The van der Waals surface area contributed by atoms with Crippen LogP contribution in [0.5, 0.6) is 0 Å². The molecule has 3 heteroatoms. The standard InChI is InChI=1S/C28H23NO2/c1-2-31-28(30)17-16-25-24-11-7-6-10-23(24)18-26(27(25)19-29)22-14-12-21(13-15-22)20-8-4-3-5-9-20/h3-15,18H,2,16-17H2,1H3. The van der Waals surface area contributed by atoms with E-state index >= 15 is 0 Å².